The topological polar surface area (TPSA) is 80.9 Å². The minimum absolute atomic E-state index is 1.48. The van der Waals surface area contributed by atoms with E-state index in [2.05, 4.69) is 0 Å². The molecule has 0 aliphatic carbocycles. The van der Waals surface area contributed by atoms with Gasteiger partial charge in [0.2, 0.25) is 0 Å². The number of alkyl halides is 8. The number of aliphatic hydroxyl groups excluding tert-OH is 4. The van der Waals surface area contributed by atoms with Crippen molar-refractivity contribution in [3.63, 3.8) is 0 Å². The summed E-state index contributed by atoms with van der Waals surface area (Å²) in [6.45, 7) is -2.95. The number of rotatable bonds is 9. The second kappa shape index (κ2) is 6.81. The molecule has 2 unspecified atom stereocenters. The van der Waals surface area contributed by atoms with Gasteiger partial charge in [0.05, 0.1) is 25.4 Å². The van der Waals surface area contributed by atoms with Gasteiger partial charge in [-0.2, -0.15) is 35.1 Å². The maximum Gasteiger partial charge on any atom is 0.378 e. The van der Waals surface area contributed by atoms with Gasteiger partial charge in [-0.3, -0.25) is 0 Å². The van der Waals surface area contributed by atoms with Crippen molar-refractivity contribution in [2.75, 3.05) is 13.2 Å². The first-order valence-electron chi connectivity index (χ1n) is 5.75. The van der Waals surface area contributed by atoms with Crippen molar-refractivity contribution >= 4 is 0 Å². The molecule has 0 saturated heterocycles. The molecule has 0 amide bonds. The standard InChI is InChI=1S/C10H14F8O4/c11-7(12,1-5(21)3-19)9(15,16)10(17,18)8(13,14)2-6(22)4-20/h5-6,19-22H,1-4H2. The van der Waals surface area contributed by atoms with E-state index in [1.807, 2.05) is 0 Å². The lowest BCUT2D eigenvalue weighted by Gasteiger charge is -2.37. The summed E-state index contributed by atoms with van der Waals surface area (Å²) in [5.74, 6) is -24.7. The van der Waals surface area contributed by atoms with Crippen molar-refractivity contribution in [3.8, 4) is 0 Å². The van der Waals surface area contributed by atoms with Gasteiger partial charge in [0, 0.05) is 12.8 Å². The van der Waals surface area contributed by atoms with Crippen molar-refractivity contribution in [1.82, 2.24) is 0 Å². The molecule has 0 aromatic carbocycles. The van der Waals surface area contributed by atoms with Crippen molar-refractivity contribution in [3.05, 3.63) is 0 Å². The monoisotopic (exact) mass is 350 g/mol. The third-order valence-corrected chi connectivity index (χ3v) is 2.72. The zero-order chi connectivity index (χ0) is 18.0. The van der Waals surface area contributed by atoms with Crippen LogP contribution in [0.15, 0.2) is 0 Å². The second-order valence-electron chi connectivity index (χ2n) is 4.64. The lowest BCUT2D eigenvalue weighted by Crippen LogP contribution is -2.63. The molecule has 0 aliphatic heterocycles. The lowest BCUT2D eigenvalue weighted by molar-refractivity contribution is -0.372. The van der Waals surface area contributed by atoms with Crippen LogP contribution in [0.1, 0.15) is 12.8 Å². The Kier molecular flexibility index (Phi) is 6.58. The van der Waals surface area contributed by atoms with Gasteiger partial charge in [0.15, 0.2) is 0 Å². The predicted molar refractivity (Wildman–Crippen MR) is 55.2 cm³/mol. The maximum absolute atomic E-state index is 13.2. The summed E-state index contributed by atoms with van der Waals surface area (Å²) in [6, 6.07) is 0. The first kappa shape index (κ1) is 21.3. The summed E-state index contributed by atoms with van der Waals surface area (Å²) in [7, 11) is 0. The summed E-state index contributed by atoms with van der Waals surface area (Å²) in [5, 5.41) is 33.8. The van der Waals surface area contributed by atoms with Crippen molar-refractivity contribution in [2.45, 2.75) is 48.7 Å². The Bertz CT molecular complexity index is 329. The highest BCUT2D eigenvalue weighted by atomic mass is 19.4. The number of hydrogen-bond acceptors (Lipinski definition) is 4. The molecular formula is C10H14F8O4. The highest BCUT2D eigenvalue weighted by Crippen LogP contribution is 2.54. The molecule has 0 aliphatic rings. The Morgan fingerprint density at radius 3 is 1.00 bits per heavy atom. The second-order valence-corrected chi connectivity index (χ2v) is 4.64. The van der Waals surface area contributed by atoms with E-state index in [0.29, 0.717) is 0 Å². The summed E-state index contributed by atoms with van der Waals surface area (Å²) < 4.78 is 105. The molecule has 134 valence electrons. The minimum Gasteiger partial charge on any atom is -0.394 e. The molecular weight excluding hydrogens is 336 g/mol. The molecule has 0 bridgehead atoms. The fourth-order valence-electron chi connectivity index (χ4n) is 1.44. The van der Waals surface area contributed by atoms with Crippen LogP contribution in [-0.4, -0.2) is 69.5 Å². The molecule has 0 heterocycles. The first-order chi connectivity index (χ1) is 9.66. The van der Waals surface area contributed by atoms with Gasteiger partial charge >= 0.3 is 23.7 Å². The van der Waals surface area contributed by atoms with E-state index in [-0.39, 0.29) is 0 Å². The smallest absolute Gasteiger partial charge is 0.378 e. The quantitative estimate of drug-likeness (QED) is 0.468. The summed E-state index contributed by atoms with van der Waals surface area (Å²) >= 11 is 0. The molecule has 22 heavy (non-hydrogen) atoms. The van der Waals surface area contributed by atoms with E-state index in [4.69, 9.17) is 20.4 Å². The zero-order valence-corrected chi connectivity index (χ0v) is 10.8. The fraction of sp³-hybridized carbons (Fsp3) is 1.00. The van der Waals surface area contributed by atoms with E-state index in [0.717, 1.165) is 0 Å². The van der Waals surface area contributed by atoms with Crippen LogP contribution < -0.4 is 0 Å². The molecule has 0 aromatic rings. The van der Waals surface area contributed by atoms with Gasteiger partial charge in [0.25, 0.3) is 0 Å². The Morgan fingerprint density at radius 1 is 0.591 bits per heavy atom. The van der Waals surface area contributed by atoms with Crippen LogP contribution in [0.5, 0.6) is 0 Å². The Balaban J connectivity index is 5.54. The molecule has 0 aromatic heterocycles. The highest BCUT2D eigenvalue weighted by Gasteiger charge is 2.80. The normalized spacial score (nSPS) is 17.5. The van der Waals surface area contributed by atoms with Gasteiger partial charge in [-0.1, -0.05) is 0 Å². The third kappa shape index (κ3) is 3.97. The van der Waals surface area contributed by atoms with Crippen LogP contribution in [0.2, 0.25) is 0 Å². The molecule has 4 nitrogen and oxygen atoms in total. The molecule has 0 radical (unpaired) electrons. The van der Waals surface area contributed by atoms with Crippen LogP contribution in [0.25, 0.3) is 0 Å². The number of aliphatic hydroxyl groups is 4. The molecule has 0 saturated carbocycles. The molecule has 4 N–H and O–H groups in total. The molecule has 0 spiro atoms. The fourth-order valence-corrected chi connectivity index (χ4v) is 1.44. The lowest BCUT2D eigenvalue weighted by atomic mass is 9.92. The van der Waals surface area contributed by atoms with Crippen molar-refractivity contribution in [1.29, 1.82) is 0 Å². The largest absolute Gasteiger partial charge is 0.394 e. The number of hydrogen-bond donors (Lipinski definition) is 4. The Labute approximate surface area is 119 Å². The van der Waals surface area contributed by atoms with E-state index < -0.39 is 62.0 Å². The van der Waals surface area contributed by atoms with Crippen LogP contribution in [0, 0.1) is 0 Å². The SMILES string of the molecule is OCC(O)CC(F)(F)C(F)(F)C(F)(F)C(F)(F)CC(O)CO. The first-order valence-corrected chi connectivity index (χ1v) is 5.75. The van der Waals surface area contributed by atoms with Crippen LogP contribution in [0.3, 0.4) is 0 Å². The Hall–Kier alpha value is -0.720. The summed E-state index contributed by atoms with van der Waals surface area (Å²) in [6.07, 6.45) is -9.84. The minimum atomic E-state index is -6.59. The van der Waals surface area contributed by atoms with Crippen LogP contribution in [-0.2, 0) is 0 Å². The van der Waals surface area contributed by atoms with Gasteiger partial charge in [-0.15, -0.1) is 0 Å². The molecule has 0 rings (SSSR count). The van der Waals surface area contributed by atoms with Crippen LogP contribution in [0.4, 0.5) is 35.1 Å². The van der Waals surface area contributed by atoms with E-state index in [1.165, 1.54) is 0 Å². The molecule has 0 fully saturated rings. The van der Waals surface area contributed by atoms with Gasteiger partial charge in [-0.05, 0) is 0 Å². The number of halogens is 8. The van der Waals surface area contributed by atoms with Gasteiger partial charge < -0.3 is 20.4 Å². The molecule has 2 atom stereocenters. The zero-order valence-electron chi connectivity index (χ0n) is 10.8. The van der Waals surface area contributed by atoms with E-state index in [9.17, 15) is 35.1 Å². The summed E-state index contributed by atoms with van der Waals surface area (Å²) in [4.78, 5) is 0. The highest BCUT2D eigenvalue weighted by molar-refractivity contribution is 5.04. The molecule has 12 heteroatoms. The van der Waals surface area contributed by atoms with Crippen molar-refractivity contribution < 1.29 is 55.5 Å². The summed E-state index contributed by atoms with van der Waals surface area (Å²) in [5.41, 5.74) is 0. The average molecular weight is 350 g/mol. The Morgan fingerprint density at radius 2 is 0.818 bits per heavy atom. The van der Waals surface area contributed by atoms with Crippen LogP contribution >= 0.6 is 0 Å². The average Bonchev–Trinajstić information content (AvgIpc) is 2.36. The predicted octanol–water partition coefficient (Wildman–Crippen LogP) is 1.01. The maximum atomic E-state index is 13.2. The van der Waals surface area contributed by atoms with E-state index in [1.54, 1.807) is 0 Å². The van der Waals surface area contributed by atoms with Gasteiger partial charge in [-0.25, -0.2) is 0 Å². The van der Waals surface area contributed by atoms with E-state index >= 15 is 0 Å². The third-order valence-electron chi connectivity index (χ3n) is 2.72. The van der Waals surface area contributed by atoms with Crippen molar-refractivity contribution in [2.24, 2.45) is 0 Å². The van der Waals surface area contributed by atoms with Gasteiger partial charge in [0.1, 0.15) is 0 Å².